The van der Waals surface area contributed by atoms with E-state index in [1.807, 2.05) is 0 Å². The SMILES string of the molecule is O=C(Nc1cccc(C(F)(F)F)c1)c1ccc(S(=O)(=O)Nc2ccccc2F)cc1. The van der Waals surface area contributed by atoms with E-state index in [1.54, 1.807) is 0 Å². The van der Waals surface area contributed by atoms with Crippen molar-refractivity contribution in [2.45, 2.75) is 11.1 Å². The molecule has 0 aliphatic rings. The maximum Gasteiger partial charge on any atom is 0.416 e. The van der Waals surface area contributed by atoms with Crippen molar-refractivity contribution >= 4 is 27.3 Å². The molecule has 30 heavy (non-hydrogen) atoms. The Morgan fingerprint density at radius 1 is 0.867 bits per heavy atom. The number of hydrogen-bond acceptors (Lipinski definition) is 3. The number of nitrogens with one attached hydrogen (secondary N) is 2. The van der Waals surface area contributed by atoms with E-state index in [0.29, 0.717) is 0 Å². The lowest BCUT2D eigenvalue weighted by Gasteiger charge is -2.11. The number of benzene rings is 3. The minimum Gasteiger partial charge on any atom is -0.322 e. The lowest BCUT2D eigenvalue weighted by Crippen LogP contribution is -2.15. The summed E-state index contributed by atoms with van der Waals surface area (Å²) in [6, 6.07) is 14.0. The first kappa shape index (κ1) is 21.3. The fourth-order valence-electron chi connectivity index (χ4n) is 2.51. The van der Waals surface area contributed by atoms with Crippen LogP contribution in [0.5, 0.6) is 0 Å². The number of sulfonamides is 1. The van der Waals surface area contributed by atoms with Gasteiger partial charge in [0.2, 0.25) is 0 Å². The van der Waals surface area contributed by atoms with Crippen molar-refractivity contribution in [3.05, 3.63) is 89.7 Å². The van der Waals surface area contributed by atoms with E-state index in [-0.39, 0.29) is 21.8 Å². The number of rotatable bonds is 5. The summed E-state index contributed by atoms with van der Waals surface area (Å²) in [7, 11) is -4.11. The van der Waals surface area contributed by atoms with Crippen molar-refractivity contribution in [3.8, 4) is 0 Å². The summed E-state index contributed by atoms with van der Waals surface area (Å²) >= 11 is 0. The highest BCUT2D eigenvalue weighted by Crippen LogP contribution is 2.30. The second-order valence-corrected chi connectivity index (χ2v) is 7.82. The second kappa shape index (κ2) is 8.15. The topological polar surface area (TPSA) is 75.3 Å². The molecule has 3 aromatic rings. The van der Waals surface area contributed by atoms with E-state index in [9.17, 15) is 30.8 Å². The number of amides is 1. The first-order valence-electron chi connectivity index (χ1n) is 8.42. The van der Waals surface area contributed by atoms with Gasteiger partial charge < -0.3 is 5.32 Å². The van der Waals surface area contributed by atoms with Crippen molar-refractivity contribution in [1.82, 2.24) is 0 Å². The number of carbonyl (C=O) groups excluding carboxylic acids is 1. The van der Waals surface area contributed by atoms with Gasteiger partial charge in [0, 0.05) is 11.3 Å². The fourth-order valence-corrected chi connectivity index (χ4v) is 3.58. The molecule has 1 amide bonds. The van der Waals surface area contributed by atoms with E-state index >= 15 is 0 Å². The summed E-state index contributed by atoms with van der Waals surface area (Å²) in [5.41, 5.74) is -1.19. The van der Waals surface area contributed by atoms with Crippen molar-refractivity contribution in [3.63, 3.8) is 0 Å². The number of carbonyl (C=O) groups is 1. The molecular formula is C20H14F4N2O3S. The van der Waals surface area contributed by atoms with Crippen LogP contribution in [0.15, 0.2) is 77.7 Å². The number of alkyl halides is 3. The molecule has 0 aliphatic heterocycles. The van der Waals surface area contributed by atoms with Gasteiger partial charge in [-0.15, -0.1) is 0 Å². The molecule has 10 heteroatoms. The predicted octanol–water partition coefficient (Wildman–Crippen LogP) is 4.90. The molecule has 0 aliphatic carbocycles. The zero-order valence-electron chi connectivity index (χ0n) is 15.1. The van der Waals surface area contributed by atoms with Gasteiger partial charge in [-0.25, -0.2) is 12.8 Å². The minimum absolute atomic E-state index is 0.0252. The van der Waals surface area contributed by atoms with Gasteiger partial charge in [0.1, 0.15) is 5.82 Å². The van der Waals surface area contributed by atoms with E-state index in [4.69, 9.17) is 0 Å². The Balaban J connectivity index is 1.75. The Labute approximate surface area is 169 Å². The van der Waals surface area contributed by atoms with Gasteiger partial charge in [-0.3, -0.25) is 9.52 Å². The summed E-state index contributed by atoms with van der Waals surface area (Å²) in [5, 5.41) is 2.32. The molecule has 0 atom stereocenters. The molecule has 0 spiro atoms. The molecule has 0 radical (unpaired) electrons. The van der Waals surface area contributed by atoms with Crippen LogP contribution in [0.3, 0.4) is 0 Å². The number of para-hydroxylation sites is 1. The highest BCUT2D eigenvalue weighted by atomic mass is 32.2. The van der Waals surface area contributed by atoms with Gasteiger partial charge in [-0.1, -0.05) is 18.2 Å². The van der Waals surface area contributed by atoms with Crippen LogP contribution in [-0.4, -0.2) is 14.3 Å². The average Bonchev–Trinajstić information content (AvgIpc) is 2.69. The highest BCUT2D eigenvalue weighted by Gasteiger charge is 2.30. The van der Waals surface area contributed by atoms with Gasteiger partial charge in [0.15, 0.2) is 0 Å². The molecule has 5 nitrogen and oxygen atoms in total. The molecule has 0 saturated heterocycles. The molecule has 0 heterocycles. The van der Waals surface area contributed by atoms with Crippen LogP contribution >= 0.6 is 0 Å². The van der Waals surface area contributed by atoms with Crippen molar-refractivity contribution in [2.75, 3.05) is 10.0 Å². The molecule has 3 rings (SSSR count). The van der Waals surface area contributed by atoms with E-state index < -0.39 is 33.5 Å². The lowest BCUT2D eigenvalue weighted by atomic mass is 10.1. The van der Waals surface area contributed by atoms with Gasteiger partial charge in [0.25, 0.3) is 15.9 Å². The summed E-state index contributed by atoms with van der Waals surface area (Å²) in [6.45, 7) is 0. The number of hydrogen-bond donors (Lipinski definition) is 2. The molecule has 0 bridgehead atoms. The van der Waals surface area contributed by atoms with E-state index in [0.717, 1.165) is 36.4 Å². The molecule has 0 aromatic heterocycles. The maximum atomic E-state index is 13.7. The number of anilines is 2. The van der Waals surface area contributed by atoms with Crippen LogP contribution in [0.2, 0.25) is 0 Å². The molecule has 0 saturated carbocycles. The van der Waals surface area contributed by atoms with Crippen molar-refractivity contribution in [2.24, 2.45) is 0 Å². The predicted molar refractivity (Wildman–Crippen MR) is 103 cm³/mol. The lowest BCUT2D eigenvalue weighted by molar-refractivity contribution is -0.137. The summed E-state index contributed by atoms with van der Waals surface area (Å²) in [6.07, 6.45) is -4.55. The zero-order valence-corrected chi connectivity index (χ0v) is 15.9. The number of halogens is 4. The molecule has 0 unspecified atom stereocenters. The highest BCUT2D eigenvalue weighted by molar-refractivity contribution is 7.92. The van der Waals surface area contributed by atoms with Crippen LogP contribution in [0.1, 0.15) is 15.9 Å². The smallest absolute Gasteiger partial charge is 0.322 e. The molecule has 3 aromatic carbocycles. The summed E-state index contributed by atoms with van der Waals surface area (Å²) < 4.78 is 78.8. The normalized spacial score (nSPS) is 11.7. The van der Waals surface area contributed by atoms with Crippen LogP contribution in [0.4, 0.5) is 28.9 Å². The summed E-state index contributed by atoms with van der Waals surface area (Å²) in [5.74, 6) is -1.47. The molecular weight excluding hydrogens is 424 g/mol. The third-order valence-corrected chi connectivity index (χ3v) is 5.37. The maximum absolute atomic E-state index is 13.7. The van der Waals surface area contributed by atoms with Crippen LogP contribution in [0, 0.1) is 5.82 Å². The molecule has 156 valence electrons. The Kier molecular flexibility index (Phi) is 5.79. The fraction of sp³-hybridized carbons (Fsp3) is 0.0500. The zero-order chi connectivity index (χ0) is 21.9. The standard InChI is InChI=1S/C20H14F4N2O3S/c21-17-6-1-2-7-18(17)26-30(28,29)16-10-8-13(9-11-16)19(27)25-15-5-3-4-14(12-15)20(22,23)24/h1-12,26H,(H,25,27). The van der Waals surface area contributed by atoms with Crippen LogP contribution in [0.25, 0.3) is 0 Å². The average molecular weight is 438 g/mol. The van der Waals surface area contributed by atoms with Gasteiger partial charge in [-0.05, 0) is 54.6 Å². The third kappa shape index (κ3) is 4.95. The first-order chi connectivity index (χ1) is 14.1. The monoisotopic (exact) mass is 438 g/mol. The van der Waals surface area contributed by atoms with Gasteiger partial charge in [-0.2, -0.15) is 13.2 Å². The van der Waals surface area contributed by atoms with Gasteiger partial charge >= 0.3 is 6.18 Å². The van der Waals surface area contributed by atoms with E-state index in [1.165, 1.54) is 36.4 Å². The second-order valence-electron chi connectivity index (χ2n) is 6.14. The van der Waals surface area contributed by atoms with Crippen LogP contribution < -0.4 is 10.0 Å². The molecule has 2 N–H and O–H groups in total. The summed E-state index contributed by atoms with van der Waals surface area (Å²) in [4.78, 5) is 12.0. The Bertz CT molecular complexity index is 1180. The first-order valence-corrected chi connectivity index (χ1v) is 9.90. The van der Waals surface area contributed by atoms with E-state index in [2.05, 4.69) is 10.0 Å². The minimum atomic E-state index is -4.55. The Morgan fingerprint density at radius 3 is 2.17 bits per heavy atom. The molecule has 0 fully saturated rings. The van der Waals surface area contributed by atoms with Gasteiger partial charge in [0.05, 0.1) is 16.1 Å². The third-order valence-electron chi connectivity index (χ3n) is 3.99. The Hall–Kier alpha value is -3.40. The largest absolute Gasteiger partial charge is 0.416 e. The van der Waals surface area contributed by atoms with Crippen molar-refractivity contribution in [1.29, 1.82) is 0 Å². The van der Waals surface area contributed by atoms with Crippen molar-refractivity contribution < 1.29 is 30.8 Å². The Morgan fingerprint density at radius 2 is 1.53 bits per heavy atom. The quantitative estimate of drug-likeness (QED) is 0.557. The van der Waals surface area contributed by atoms with Crippen LogP contribution in [-0.2, 0) is 16.2 Å².